The van der Waals surface area contributed by atoms with E-state index < -0.39 is 0 Å². The fourth-order valence-electron chi connectivity index (χ4n) is 1.89. The minimum Gasteiger partial charge on any atom is -0.303 e. The number of rotatable bonds is 8. The third kappa shape index (κ3) is 4.91. The predicted octanol–water partition coefficient (Wildman–Crippen LogP) is 4.14. The lowest BCUT2D eigenvalue weighted by atomic mass is 10.1. The van der Waals surface area contributed by atoms with E-state index in [0.29, 0.717) is 6.42 Å². The van der Waals surface area contributed by atoms with Crippen molar-refractivity contribution < 1.29 is 4.79 Å². The van der Waals surface area contributed by atoms with Gasteiger partial charge in [0.1, 0.15) is 0 Å². The van der Waals surface area contributed by atoms with Gasteiger partial charge in [0.2, 0.25) is 0 Å². The Bertz CT molecular complexity index is 379. The van der Waals surface area contributed by atoms with E-state index in [2.05, 4.69) is 34.7 Å². The molecule has 0 amide bonds. The van der Waals surface area contributed by atoms with Gasteiger partial charge in [0.15, 0.2) is 5.78 Å². The van der Waals surface area contributed by atoms with Crippen molar-refractivity contribution in [2.24, 2.45) is 0 Å². The van der Waals surface area contributed by atoms with Crippen LogP contribution in [0.4, 0.5) is 0 Å². The molecule has 0 heterocycles. The first-order chi connectivity index (χ1) is 8.69. The highest BCUT2D eigenvalue weighted by atomic mass is 79.9. The fourth-order valence-corrected chi connectivity index (χ4v) is 2.40. The number of hydrogen-bond donors (Lipinski definition) is 0. The number of carbonyl (C=O) groups excluding carboxylic acids is 1. The van der Waals surface area contributed by atoms with E-state index in [9.17, 15) is 4.79 Å². The van der Waals surface area contributed by atoms with Crippen molar-refractivity contribution in [1.82, 2.24) is 4.90 Å². The molecule has 0 aliphatic carbocycles. The monoisotopic (exact) mass is 311 g/mol. The summed E-state index contributed by atoms with van der Waals surface area (Å²) in [6, 6.07) is 7.64. The van der Waals surface area contributed by atoms with Gasteiger partial charge >= 0.3 is 0 Å². The lowest BCUT2D eigenvalue weighted by Gasteiger charge is -2.19. The number of nitrogens with zero attached hydrogens (tertiary/aromatic N) is 1. The van der Waals surface area contributed by atoms with Crippen LogP contribution in [-0.2, 0) is 0 Å². The third-order valence-electron chi connectivity index (χ3n) is 3.10. The molecule has 0 radical (unpaired) electrons. The van der Waals surface area contributed by atoms with Gasteiger partial charge in [0.05, 0.1) is 0 Å². The van der Waals surface area contributed by atoms with Crippen molar-refractivity contribution in [1.29, 1.82) is 0 Å². The van der Waals surface area contributed by atoms with Gasteiger partial charge in [-0.2, -0.15) is 0 Å². The highest BCUT2D eigenvalue weighted by Crippen LogP contribution is 2.17. The second kappa shape index (κ2) is 8.44. The Morgan fingerprint density at radius 2 is 1.94 bits per heavy atom. The molecule has 1 aromatic carbocycles. The van der Waals surface area contributed by atoms with Crippen LogP contribution < -0.4 is 0 Å². The molecule has 0 fully saturated rings. The first-order valence-corrected chi connectivity index (χ1v) is 7.48. The van der Waals surface area contributed by atoms with E-state index in [-0.39, 0.29) is 5.78 Å². The zero-order valence-electron chi connectivity index (χ0n) is 11.3. The maximum absolute atomic E-state index is 12.1. The Balaban J connectivity index is 2.47. The maximum atomic E-state index is 12.1. The lowest BCUT2D eigenvalue weighted by Crippen LogP contribution is -2.27. The van der Waals surface area contributed by atoms with Crippen molar-refractivity contribution in [2.45, 2.75) is 33.1 Å². The first kappa shape index (κ1) is 15.4. The van der Waals surface area contributed by atoms with Gasteiger partial charge in [-0.25, -0.2) is 0 Å². The molecule has 2 nitrogen and oxygen atoms in total. The SMILES string of the molecule is CCCCN(CC)CCC(=O)c1ccccc1Br. The van der Waals surface area contributed by atoms with Crippen LogP contribution in [0.15, 0.2) is 28.7 Å². The van der Waals surface area contributed by atoms with Gasteiger partial charge in [-0.05, 0) is 25.6 Å². The summed E-state index contributed by atoms with van der Waals surface area (Å²) in [5.41, 5.74) is 0.795. The van der Waals surface area contributed by atoms with Crippen molar-refractivity contribution in [2.75, 3.05) is 19.6 Å². The average Bonchev–Trinajstić information content (AvgIpc) is 2.39. The van der Waals surface area contributed by atoms with E-state index >= 15 is 0 Å². The summed E-state index contributed by atoms with van der Waals surface area (Å²) < 4.78 is 0.895. The molecule has 0 saturated carbocycles. The molecule has 0 N–H and O–H groups in total. The molecule has 18 heavy (non-hydrogen) atoms. The fraction of sp³-hybridized carbons (Fsp3) is 0.533. The summed E-state index contributed by atoms with van der Waals surface area (Å²) in [5.74, 6) is 0.220. The van der Waals surface area contributed by atoms with E-state index in [4.69, 9.17) is 0 Å². The Morgan fingerprint density at radius 1 is 1.22 bits per heavy atom. The van der Waals surface area contributed by atoms with Crippen LogP contribution in [-0.4, -0.2) is 30.3 Å². The smallest absolute Gasteiger partial charge is 0.165 e. The summed E-state index contributed by atoms with van der Waals surface area (Å²) in [6.07, 6.45) is 3.01. The summed E-state index contributed by atoms with van der Waals surface area (Å²) >= 11 is 3.43. The maximum Gasteiger partial charge on any atom is 0.165 e. The van der Waals surface area contributed by atoms with Gasteiger partial charge in [0.25, 0.3) is 0 Å². The van der Waals surface area contributed by atoms with Crippen LogP contribution >= 0.6 is 15.9 Å². The van der Waals surface area contributed by atoms with Crippen molar-refractivity contribution in [3.05, 3.63) is 34.3 Å². The predicted molar refractivity (Wildman–Crippen MR) is 80.1 cm³/mol. The molecule has 0 aliphatic heterocycles. The Morgan fingerprint density at radius 3 is 2.56 bits per heavy atom. The summed E-state index contributed by atoms with van der Waals surface area (Å²) in [7, 11) is 0. The topological polar surface area (TPSA) is 20.3 Å². The average molecular weight is 312 g/mol. The van der Waals surface area contributed by atoms with Crippen LogP contribution in [0.25, 0.3) is 0 Å². The first-order valence-electron chi connectivity index (χ1n) is 6.69. The van der Waals surface area contributed by atoms with E-state index in [0.717, 1.165) is 29.7 Å². The molecule has 0 saturated heterocycles. The number of hydrogen-bond acceptors (Lipinski definition) is 2. The quantitative estimate of drug-likeness (QED) is 0.672. The van der Waals surface area contributed by atoms with Crippen LogP contribution in [0.1, 0.15) is 43.5 Å². The largest absolute Gasteiger partial charge is 0.303 e. The Hall–Kier alpha value is -0.670. The number of benzene rings is 1. The standard InChI is InChI=1S/C15H22BrNO/c1-3-5-11-17(4-2)12-10-15(18)13-8-6-7-9-14(13)16/h6-9H,3-5,10-12H2,1-2H3. The molecule has 0 atom stereocenters. The highest BCUT2D eigenvalue weighted by Gasteiger charge is 2.11. The molecule has 0 aromatic heterocycles. The number of carbonyl (C=O) groups is 1. The van der Waals surface area contributed by atoms with Gasteiger partial charge in [-0.3, -0.25) is 4.79 Å². The summed E-state index contributed by atoms with van der Waals surface area (Å²) in [5, 5.41) is 0. The van der Waals surface area contributed by atoms with Crippen molar-refractivity contribution in [3.63, 3.8) is 0 Å². The number of Topliss-reactive ketones (excluding diaryl/α,β-unsaturated/α-hetero) is 1. The number of halogens is 1. The number of unbranched alkanes of at least 4 members (excludes halogenated alkanes) is 1. The number of ketones is 1. The van der Waals surface area contributed by atoms with Crippen LogP contribution in [0.2, 0.25) is 0 Å². The molecule has 100 valence electrons. The molecule has 0 bridgehead atoms. The second-order valence-electron chi connectivity index (χ2n) is 4.44. The van der Waals surface area contributed by atoms with E-state index in [1.807, 2.05) is 24.3 Å². The molecular weight excluding hydrogens is 290 g/mol. The summed E-state index contributed by atoms with van der Waals surface area (Å²) in [6.45, 7) is 7.31. The Kier molecular flexibility index (Phi) is 7.21. The molecule has 0 spiro atoms. The van der Waals surface area contributed by atoms with E-state index in [1.54, 1.807) is 0 Å². The van der Waals surface area contributed by atoms with Crippen molar-refractivity contribution >= 4 is 21.7 Å². The molecule has 3 heteroatoms. The lowest BCUT2D eigenvalue weighted by molar-refractivity contribution is 0.0964. The molecule has 0 unspecified atom stereocenters. The van der Waals surface area contributed by atoms with Crippen LogP contribution in [0.3, 0.4) is 0 Å². The minimum atomic E-state index is 0.220. The Labute approximate surface area is 119 Å². The van der Waals surface area contributed by atoms with Gasteiger partial charge < -0.3 is 4.90 Å². The normalized spacial score (nSPS) is 10.9. The molecular formula is C15H22BrNO. The highest BCUT2D eigenvalue weighted by molar-refractivity contribution is 9.10. The van der Waals surface area contributed by atoms with Crippen LogP contribution in [0, 0.1) is 0 Å². The van der Waals surface area contributed by atoms with E-state index in [1.165, 1.54) is 12.8 Å². The molecule has 1 aromatic rings. The summed E-state index contributed by atoms with van der Waals surface area (Å²) in [4.78, 5) is 14.4. The minimum absolute atomic E-state index is 0.220. The van der Waals surface area contributed by atoms with Gasteiger partial charge in [0, 0.05) is 23.0 Å². The van der Waals surface area contributed by atoms with Crippen molar-refractivity contribution in [3.8, 4) is 0 Å². The molecule has 0 aliphatic rings. The molecule has 1 rings (SSSR count). The zero-order chi connectivity index (χ0) is 13.4. The van der Waals surface area contributed by atoms with Gasteiger partial charge in [-0.15, -0.1) is 0 Å². The van der Waals surface area contributed by atoms with Gasteiger partial charge in [-0.1, -0.05) is 54.4 Å². The van der Waals surface area contributed by atoms with Crippen LogP contribution in [0.5, 0.6) is 0 Å². The zero-order valence-corrected chi connectivity index (χ0v) is 12.9. The third-order valence-corrected chi connectivity index (χ3v) is 3.80. The second-order valence-corrected chi connectivity index (χ2v) is 5.30.